The van der Waals surface area contributed by atoms with Gasteiger partial charge in [-0.25, -0.2) is 0 Å². The Hall–Kier alpha value is -1.06. The molecule has 1 aromatic carbocycles. The molecule has 1 atom stereocenters. The van der Waals surface area contributed by atoms with Crippen molar-refractivity contribution in [1.82, 2.24) is 10.2 Å². The number of para-hydroxylation sites is 1. The second-order valence-electron chi connectivity index (χ2n) is 5.69. The fraction of sp³-hybridized carbons (Fsp3) is 0.625. The Morgan fingerprint density at radius 3 is 2.79 bits per heavy atom. The van der Waals surface area contributed by atoms with Crippen molar-refractivity contribution >= 4 is 5.69 Å². The van der Waals surface area contributed by atoms with Crippen LogP contribution in [-0.2, 0) is 0 Å². The topological polar surface area (TPSA) is 18.5 Å². The molecule has 0 aliphatic carbocycles. The molecule has 3 heteroatoms. The summed E-state index contributed by atoms with van der Waals surface area (Å²) in [6.07, 6.45) is 3.86. The molecular weight excluding hydrogens is 234 g/mol. The van der Waals surface area contributed by atoms with E-state index in [1.165, 1.54) is 38.0 Å². The Balaban J connectivity index is 1.74. The molecule has 19 heavy (non-hydrogen) atoms. The number of nitrogens with zero attached hydrogens (tertiary/aromatic N) is 2. The lowest BCUT2D eigenvalue weighted by molar-refractivity contribution is 0.392. The zero-order valence-corrected chi connectivity index (χ0v) is 12.3. The number of rotatable bonds is 7. The molecule has 1 aromatic rings. The Morgan fingerprint density at radius 1 is 1.26 bits per heavy atom. The van der Waals surface area contributed by atoms with Crippen molar-refractivity contribution in [2.45, 2.75) is 25.3 Å². The first-order valence-electron chi connectivity index (χ1n) is 7.44. The van der Waals surface area contributed by atoms with E-state index in [0.717, 1.165) is 13.1 Å². The monoisotopic (exact) mass is 261 g/mol. The van der Waals surface area contributed by atoms with Crippen LogP contribution in [0.15, 0.2) is 30.3 Å². The normalized spacial score (nSPS) is 19.3. The molecule has 0 amide bonds. The minimum atomic E-state index is 0.668. The molecule has 1 N–H and O–H groups in total. The van der Waals surface area contributed by atoms with Crippen LogP contribution in [0, 0.1) is 0 Å². The summed E-state index contributed by atoms with van der Waals surface area (Å²) in [5.41, 5.74) is 1.38. The molecule has 0 aromatic heterocycles. The summed E-state index contributed by atoms with van der Waals surface area (Å²) in [7, 11) is 4.27. The van der Waals surface area contributed by atoms with Gasteiger partial charge in [-0.15, -0.1) is 0 Å². The number of hydrogen-bond acceptors (Lipinski definition) is 3. The van der Waals surface area contributed by atoms with Crippen molar-refractivity contribution in [3.8, 4) is 0 Å². The second kappa shape index (κ2) is 7.51. The largest absolute Gasteiger partial charge is 0.367 e. The zero-order valence-electron chi connectivity index (χ0n) is 12.3. The maximum absolute atomic E-state index is 3.61. The predicted molar refractivity (Wildman–Crippen MR) is 82.9 cm³/mol. The highest BCUT2D eigenvalue weighted by molar-refractivity contribution is 5.48. The van der Waals surface area contributed by atoms with Gasteiger partial charge < -0.3 is 15.1 Å². The molecule has 2 rings (SSSR count). The van der Waals surface area contributed by atoms with Crippen LogP contribution >= 0.6 is 0 Å². The van der Waals surface area contributed by atoms with Gasteiger partial charge in [0.15, 0.2) is 0 Å². The number of anilines is 1. The first-order chi connectivity index (χ1) is 9.27. The maximum Gasteiger partial charge on any atom is 0.0415 e. The van der Waals surface area contributed by atoms with Crippen molar-refractivity contribution < 1.29 is 0 Å². The van der Waals surface area contributed by atoms with Gasteiger partial charge in [0.1, 0.15) is 0 Å². The lowest BCUT2D eigenvalue weighted by Gasteiger charge is -2.27. The average molecular weight is 261 g/mol. The lowest BCUT2D eigenvalue weighted by Crippen LogP contribution is -2.38. The van der Waals surface area contributed by atoms with Crippen molar-refractivity contribution in [3.63, 3.8) is 0 Å². The smallest absolute Gasteiger partial charge is 0.0415 e. The van der Waals surface area contributed by atoms with E-state index in [4.69, 9.17) is 0 Å². The zero-order chi connectivity index (χ0) is 13.5. The van der Waals surface area contributed by atoms with Crippen molar-refractivity contribution in [3.05, 3.63) is 30.3 Å². The van der Waals surface area contributed by atoms with Gasteiger partial charge in [0, 0.05) is 24.8 Å². The van der Waals surface area contributed by atoms with Crippen LogP contribution in [0.2, 0.25) is 0 Å². The highest BCUT2D eigenvalue weighted by Gasteiger charge is 2.23. The van der Waals surface area contributed by atoms with Crippen molar-refractivity contribution in [2.24, 2.45) is 0 Å². The SMILES string of the molecule is CN(C)CCCNCC1CCCN1c1ccccc1. The van der Waals surface area contributed by atoms with Gasteiger partial charge in [-0.3, -0.25) is 0 Å². The lowest BCUT2D eigenvalue weighted by atomic mass is 10.2. The summed E-state index contributed by atoms with van der Waals surface area (Å²) in [4.78, 5) is 4.80. The van der Waals surface area contributed by atoms with E-state index >= 15 is 0 Å². The van der Waals surface area contributed by atoms with Crippen LogP contribution in [-0.4, -0.2) is 51.2 Å². The van der Waals surface area contributed by atoms with Gasteiger partial charge in [-0.1, -0.05) is 18.2 Å². The van der Waals surface area contributed by atoms with Gasteiger partial charge in [0.05, 0.1) is 0 Å². The van der Waals surface area contributed by atoms with Gasteiger partial charge >= 0.3 is 0 Å². The third-order valence-corrected chi connectivity index (χ3v) is 3.80. The highest BCUT2D eigenvalue weighted by Crippen LogP contribution is 2.24. The molecule has 1 saturated heterocycles. The third kappa shape index (κ3) is 4.51. The van der Waals surface area contributed by atoms with Crippen LogP contribution in [0.5, 0.6) is 0 Å². The van der Waals surface area contributed by atoms with E-state index in [2.05, 4.69) is 59.5 Å². The van der Waals surface area contributed by atoms with Gasteiger partial charge in [-0.05, 0) is 58.6 Å². The molecule has 1 aliphatic rings. The summed E-state index contributed by atoms with van der Waals surface area (Å²) < 4.78 is 0. The van der Waals surface area contributed by atoms with Gasteiger partial charge in [0.2, 0.25) is 0 Å². The number of nitrogens with one attached hydrogen (secondary N) is 1. The molecule has 0 radical (unpaired) electrons. The van der Waals surface area contributed by atoms with Gasteiger partial charge in [-0.2, -0.15) is 0 Å². The molecular formula is C16H27N3. The molecule has 1 aliphatic heterocycles. The Labute approximate surface area is 117 Å². The first-order valence-corrected chi connectivity index (χ1v) is 7.44. The molecule has 0 saturated carbocycles. The summed E-state index contributed by atoms with van der Waals surface area (Å²) in [5, 5.41) is 3.61. The summed E-state index contributed by atoms with van der Waals surface area (Å²) >= 11 is 0. The fourth-order valence-electron chi connectivity index (χ4n) is 2.80. The molecule has 0 spiro atoms. The fourth-order valence-corrected chi connectivity index (χ4v) is 2.80. The summed E-state index contributed by atoms with van der Waals surface area (Å²) in [6, 6.07) is 11.5. The van der Waals surface area contributed by atoms with Crippen LogP contribution in [0.3, 0.4) is 0 Å². The Kier molecular flexibility index (Phi) is 5.67. The molecule has 1 heterocycles. The van der Waals surface area contributed by atoms with E-state index in [0.29, 0.717) is 6.04 Å². The van der Waals surface area contributed by atoms with Crippen molar-refractivity contribution in [1.29, 1.82) is 0 Å². The van der Waals surface area contributed by atoms with E-state index in [1.807, 2.05) is 0 Å². The van der Waals surface area contributed by atoms with Crippen LogP contribution < -0.4 is 10.2 Å². The van der Waals surface area contributed by atoms with E-state index in [-0.39, 0.29) is 0 Å². The van der Waals surface area contributed by atoms with Gasteiger partial charge in [0.25, 0.3) is 0 Å². The minimum absolute atomic E-state index is 0.668. The summed E-state index contributed by atoms with van der Waals surface area (Å²) in [5.74, 6) is 0. The highest BCUT2D eigenvalue weighted by atomic mass is 15.2. The summed E-state index contributed by atoms with van der Waals surface area (Å²) in [6.45, 7) is 4.60. The third-order valence-electron chi connectivity index (χ3n) is 3.80. The molecule has 1 unspecified atom stereocenters. The van der Waals surface area contributed by atoms with Crippen molar-refractivity contribution in [2.75, 3.05) is 45.2 Å². The first kappa shape index (κ1) is 14.4. The maximum atomic E-state index is 3.61. The van der Waals surface area contributed by atoms with E-state index in [9.17, 15) is 0 Å². The number of hydrogen-bond donors (Lipinski definition) is 1. The predicted octanol–water partition coefficient (Wildman–Crippen LogP) is 2.20. The van der Waals surface area contributed by atoms with Crippen LogP contribution in [0.25, 0.3) is 0 Å². The number of benzene rings is 1. The average Bonchev–Trinajstić information content (AvgIpc) is 2.87. The Bertz CT molecular complexity index is 350. The Morgan fingerprint density at radius 2 is 2.05 bits per heavy atom. The minimum Gasteiger partial charge on any atom is -0.367 e. The molecule has 106 valence electrons. The van der Waals surface area contributed by atoms with Crippen LogP contribution in [0.4, 0.5) is 5.69 Å². The van der Waals surface area contributed by atoms with Crippen LogP contribution in [0.1, 0.15) is 19.3 Å². The van der Waals surface area contributed by atoms with E-state index in [1.54, 1.807) is 0 Å². The standard InChI is InChI=1S/C16H27N3/c1-18(2)12-7-11-17-14-16-10-6-13-19(16)15-8-4-3-5-9-15/h3-5,8-9,16-17H,6-7,10-14H2,1-2H3. The molecule has 3 nitrogen and oxygen atoms in total. The van der Waals surface area contributed by atoms with E-state index < -0.39 is 0 Å². The second-order valence-corrected chi connectivity index (χ2v) is 5.69. The quantitative estimate of drug-likeness (QED) is 0.759. The molecule has 0 bridgehead atoms. The molecule has 1 fully saturated rings.